The van der Waals surface area contributed by atoms with Crippen molar-refractivity contribution >= 4 is 11.3 Å². The quantitative estimate of drug-likeness (QED) is 0.910. The number of aromatic nitrogens is 1. The Hall–Kier alpha value is -1.26. The van der Waals surface area contributed by atoms with Crippen LogP contribution in [0.3, 0.4) is 0 Å². The molecular weight excluding hydrogens is 271 g/mol. The van der Waals surface area contributed by atoms with Gasteiger partial charge < -0.3 is 5.32 Å². The van der Waals surface area contributed by atoms with Crippen LogP contribution in [0.1, 0.15) is 50.0 Å². The van der Waals surface area contributed by atoms with E-state index < -0.39 is 0 Å². The Labute approximate surface area is 124 Å². The van der Waals surface area contributed by atoms with Gasteiger partial charge in [-0.2, -0.15) is 0 Å². The Morgan fingerprint density at radius 2 is 1.90 bits per heavy atom. The van der Waals surface area contributed by atoms with Crippen molar-refractivity contribution in [3.05, 3.63) is 51.7 Å². The van der Waals surface area contributed by atoms with Gasteiger partial charge in [-0.15, -0.1) is 11.3 Å². The number of nitrogens with zero attached hydrogens (tertiary/aromatic N) is 1. The zero-order chi connectivity index (χ0) is 14.8. The summed E-state index contributed by atoms with van der Waals surface area (Å²) in [5.41, 5.74) is 2.19. The normalized spacial score (nSPS) is 13.4. The molecule has 2 rings (SSSR count). The van der Waals surface area contributed by atoms with Gasteiger partial charge in [-0.1, -0.05) is 39.8 Å². The molecule has 2 aromatic rings. The van der Waals surface area contributed by atoms with Crippen molar-refractivity contribution in [1.29, 1.82) is 0 Å². The molecule has 0 amide bonds. The molecule has 1 atom stereocenters. The van der Waals surface area contributed by atoms with E-state index in [9.17, 15) is 4.39 Å². The summed E-state index contributed by atoms with van der Waals surface area (Å²) >= 11 is 1.66. The van der Waals surface area contributed by atoms with Crippen LogP contribution < -0.4 is 5.32 Å². The second kappa shape index (κ2) is 6.02. The summed E-state index contributed by atoms with van der Waals surface area (Å²) in [6, 6.07) is 6.67. The Balaban J connectivity index is 2.33. The number of nitrogens with one attached hydrogen (secondary N) is 1. The predicted molar refractivity (Wildman–Crippen MR) is 82.7 cm³/mol. The summed E-state index contributed by atoms with van der Waals surface area (Å²) in [5.74, 6) is -0.210. The van der Waals surface area contributed by atoms with E-state index in [1.807, 2.05) is 12.1 Å². The van der Waals surface area contributed by atoms with E-state index in [1.165, 1.54) is 12.1 Å². The van der Waals surface area contributed by atoms with Crippen LogP contribution in [-0.2, 0) is 5.41 Å². The first kappa shape index (κ1) is 15.1. The highest BCUT2D eigenvalue weighted by molar-refractivity contribution is 7.09. The third kappa shape index (κ3) is 3.44. The molecule has 1 aromatic heterocycles. The minimum atomic E-state index is -0.210. The Morgan fingerprint density at radius 1 is 1.25 bits per heavy atom. The monoisotopic (exact) mass is 292 g/mol. The van der Waals surface area contributed by atoms with Crippen LogP contribution in [0.15, 0.2) is 29.6 Å². The highest BCUT2D eigenvalue weighted by Gasteiger charge is 2.22. The van der Waals surface area contributed by atoms with E-state index in [0.29, 0.717) is 0 Å². The maximum atomic E-state index is 13.1. The number of benzene rings is 1. The van der Waals surface area contributed by atoms with Gasteiger partial charge in [0, 0.05) is 10.8 Å². The molecule has 0 bridgehead atoms. The third-order valence-electron chi connectivity index (χ3n) is 3.15. The lowest BCUT2D eigenvalue weighted by atomic mass is 9.93. The van der Waals surface area contributed by atoms with Crippen molar-refractivity contribution < 1.29 is 4.39 Å². The van der Waals surface area contributed by atoms with E-state index in [2.05, 4.69) is 38.4 Å². The van der Waals surface area contributed by atoms with Gasteiger partial charge >= 0.3 is 0 Å². The fraction of sp³-hybridized carbons (Fsp3) is 0.438. The standard InChI is InChI=1S/C16H21FN2S/c1-5-18-14(11-6-8-12(17)9-7-11)15-19-13(10-20-15)16(2,3)4/h6-10,14,18H,5H2,1-4H3. The number of hydrogen-bond donors (Lipinski definition) is 1. The molecule has 0 spiro atoms. The van der Waals surface area contributed by atoms with E-state index in [0.717, 1.165) is 22.8 Å². The fourth-order valence-electron chi connectivity index (χ4n) is 1.97. The van der Waals surface area contributed by atoms with Crippen LogP contribution in [-0.4, -0.2) is 11.5 Å². The van der Waals surface area contributed by atoms with Crippen molar-refractivity contribution in [2.24, 2.45) is 0 Å². The van der Waals surface area contributed by atoms with E-state index in [1.54, 1.807) is 11.3 Å². The highest BCUT2D eigenvalue weighted by atomic mass is 32.1. The van der Waals surface area contributed by atoms with Gasteiger partial charge in [0.15, 0.2) is 0 Å². The van der Waals surface area contributed by atoms with Crippen LogP contribution in [0.4, 0.5) is 4.39 Å². The van der Waals surface area contributed by atoms with Crippen LogP contribution in [0.25, 0.3) is 0 Å². The van der Waals surface area contributed by atoms with E-state index in [-0.39, 0.29) is 17.3 Å². The lowest BCUT2D eigenvalue weighted by Crippen LogP contribution is -2.22. The third-order valence-corrected chi connectivity index (χ3v) is 4.06. The maximum Gasteiger partial charge on any atom is 0.123 e. The molecule has 2 nitrogen and oxygen atoms in total. The molecule has 1 heterocycles. The van der Waals surface area contributed by atoms with Crippen molar-refractivity contribution in [1.82, 2.24) is 10.3 Å². The number of halogens is 1. The molecule has 108 valence electrons. The summed E-state index contributed by atoms with van der Waals surface area (Å²) in [4.78, 5) is 4.76. The van der Waals surface area contributed by atoms with Gasteiger partial charge in [0.1, 0.15) is 10.8 Å². The first-order chi connectivity index (χ1) is 9.41. The second-order valence-corrected chi connectivity index (χ2v) is 6.75. The average Bonchev–Trinajstić information content (AvgIpc) is 2.86. The zero-order valence-electron chi connectivity index (χ0n) is 12.4. The number of rotatable bonds is 4. The van der Waals surface area contributed by atoms with E-state index in [4.69, 9.17) is 4.98 Å². The summed E-state index contributed by atoms with van der Waals surface area (Å²) in [6.45, 7) is 9.38. The molecule has 0 aliphatic carbocycles. The largest absolute Gasteiger partial charge is 0.305 e. The second-order valence-electron chi connectivity index (χ2n) is 5.86. The molecule has 1 N–H and O–H groups in total. The molecule has 20 heavy (non-hydrogen) atoms. The molecule has 0 aliphatic heterocycles. The highest BCUT2D eigenvalue weighted by Crippen LogP contribution is 2.30. The van der Waals surface area contributed by atoms with Crippen molar-refractivity contribution in [3.63, 3.8) is 0 Å². The summed E-state index contributed by atoms with van der Waals surface area (Å²) in [6.07, 6.45) is 0. The van der Waals surface area contributed by atoms with Gasteiger partial charge in [-0.05, 0) is 24.2 Å². The molecule has 0 saturated heterocycles. The van der Waals surface area contributed by atoms with Crippen molar-refractivity contribution in [3.8, 4) is 0 Å². The van der Waals surface area contributed by atoms with Crippen LogP contribution in [0, 0.1) is 5.82 Å². The van der Waals surface area contributed by atoms with E-state index >= 15 is 0 Å². The molecule has 0 aliphatic rings. The molecule has 0 fully saturated rings. The Bertz CT molecular complexity index is 555. The zero-order valence-corrected chi connectivity index (χ0v) is 13.2. The average molecular weight is 292 g/mol. The summed E-state index contributed by atoms with van der Waals surface area (Å²) < 4.78 is 13.1. The lowest BCUT2D eigenvalue weighted by molar-refractivity contribution is 0.562. The molecular formula is C16H21FN2S. The van der Waals surface area contributed by atoms with Crippen molar-refractivity contribution in [2.75, 3.05) is 6.54 Å². The lowest BCUT2D eigenvalue weighted by Gasteiger charge is -2.17. The molecule has 0 radical (unpaired) electrons. The maximum absolute atomic E-state index is 13.1. The SMILES string of the molecule is CCNC(c1ccc(F)cc1)c1nc(C(C)(C)C)cs1. The van der Waals surface area contributed by atoms with Gasteiger partial charge in [0.2, 0.25) is 0 Å². The number of hydrogen-bond acceptors (Lipinski definition) is 3. The molecule has 0 saturated carbocycles. The first-order valence-electron chi connectivity index (χ1n) is 6.86. The Morgan fingerprint density at radius 3 is 2.40 bits per heavy atom. The summed E-state index contributed by atoms with van der Waals surface area (Å²) in [7, 11) is 0. The van der Waals surface area contributed by atoms with Crippen LogP contribution >= 0.6 is 11.3 Å². The molecule has 1 aromatic carbocycles. The predicted octanol–water partition coefficient (Wildman–Crippen LogP) is 4.28. The number of thiazole rings is 1. The fourth-order valence-corrected chi connectivity index (χ4v) is 3.12. The van der Waals surface area contributed by atoms with Crippen LogP contribution in [0.5, 0.6) is 0 Å². The molecule has 1 unspecified atom stereocenters. The van der Waals surface area contributed by atoms with Gasteiger partial charge in [-0.25, -0.2) is 9.37 Å². The minimum absolute atomic E-state index is 0.0294. The Kier molecular flexibility index (Phi) is 4.55. The van der Waals surface area contributed by atoms with Crippen LogP contribution in [0.2, 0.25) is 0 Å². The summed E-state index contributed by atoms with van der Waals surface area (Å²) in [5, 5.41) is 6.57. The van der Waals surface area contributed by atoms with Gasteiger partial charge in [0.25, 0.3) is 0 Å². The van der Waals surface area contributed by atoms with Gasteiger partial charge in [-0.3, -0.25) is 0 Å². The topological polar surface area (TPSA) is 24.9 Å². The van der Waals surface area contributed by atoms with Crippen molar-refractivity contribution in [2.45, 2.75) is 39.2 Å². The molecule has 4 heteroatoms. The first-order valence-corrected chi connectivity index (χ1v) is 7.74. The van der Waals surface area contributed by atoms with Gasteiger partial charge in [0.05, 0.1) is 11.7 Å². The minimum Gasteiger partial charge on any atom is -0.305 e. The smallest absolute Gasteiger partial charge is 0.123 e.